The Balaban J connectivity index is 1.74. The standard InChI is InChI=1S/C19H20FN3S/c1-3-10-21-16-8-5-14(6-9-16)18-12-24-19(23-18)22-17-11-15(20)7-4-13(17)2/h4-9,11-12,21H,3,10H2,1-2H3,(H,22,23). The topological polar surface area (TPSA) is 37.0 Å². The normalized spacial score (nSPS) is 10.6. The van der Waals surface area contributed by atoms with E-state index >= 15 is 0 Å². The summed E-state index contributed by atoms with van der Waals surface area (Å²) in [5, 5.41) is 9.32. The average Bonchev–Trinajstić information content (AvgIpc) is 3.05. The number of nitrogens with zero attached hydrogens (tertiary/aromatic N) is 1. The van der Waals surface area contributed by atoms with E-state index < -0.39 is 0 Å². The highest BCUT2D eigenvalue weighted by Gasteiger charge is 2.07. The first-order valence-corrected chi connectivity index (χ1v) is 8.86. The van der Waals surface area contributed by atoms with Crippen LogP contribution in [0.25, 0.3) is 11.3 Å². The second-order valence-corrected chi connectivity index (χ2v) is 6.48. The SMILES string of the molecule is CCCNc1ccc(-c2csc(Nc3cc(F)ccc3C)n2)cc1. The number of aryl methyl sites for hydroxylation is 1. The summed E-state index contributed by atoms with van der Waals surface area (Å²) in [6.45, 7) is 5.06. The molecule has 0 spiro atoms. The van der Waals surface area contributed by atoms with Crippen LogP contribution in [0, 0.1) is 12.7 Å². The minimum absolute atomic E-state index is 0.255. The van der Waals surface area contributed by atoms with Crippen LogP contribution >= 0.6 is 11.3 Å². The summed E-state index contributed by atoms with van der Waals surface area (Å²) in [6, 6.07) is 13.0. The van der Waals surface area contributed by atoms with E-state index in [4.69, 9.17) is 0 Å². The van der Waals surface area contributed by atoms with E-state index in [9.17, 15) is 4.39 Å². The van der Waals surface area contributed by atoms with Gasteiger partial charge >= 0.3 is 0 Å². The highest BCUT2D eigenvalue weighted by atomic mass is 32.1. The molecule has 0 radical (unpaired) electrons. The third-order valence-corrected chi connectivity index (χ3v) is 4.46. The molecule has 0 saturated heterocycles. The van der Waals surface area contributed by atoms with Crippen LogP contribution in [0.2, 0.25) is 0 Å². The van der Waals surface area contributed by atoms with Crippen molar-refractivity contribution in [3.63, 3.8) is 0 Å². The molecule has 0 bridgehead atoms. The molecule has 0 amide bonds. The van der Waals surface area contributed by atoms with Gasteiger partial charge < -0.3 is 10.6 Å². The molecule has 5 heteroatoms. The van der Waals surface area contributed by atoms with Crippen LogP contribution in [0.5, 0.6) is 0 Å². The second-order valence-electron chi connectivity index (χ2n) is 5.63. The molecule has 0 aliphatic carbocycles. The van der Waals surface area contributed by atoms with Crippen molar-refractivity contribution in [1.29, 1.82) is 0 Å². The Morgan fingerprint density at radius 3 is 2.67 bits per heavy atom. The van der Waals surface area contributed by atoms with E-state index in [1.165, 1.54) is 23.5 Å². The van der Waals surface area contributed by atoms with Gasteiger partial charge in [0.05, 0.1) is 5.69 Å². The number of rotatable bonds is 6. The van der Waals surface area contributed by atoms with Crippen LogP contribution in [-0.2, 0) is 0 Å². The largest absolute Gasteiger partial charge is 0.385 e. The summed E-state index contributed by atoms with van der Waals surface area (Å²) >= 11 is 1.51. The number of nitrogens with one attached hydrogen (secondary N) is 2. The second kappa shape index (κ2) is 7.45. The summed E-state index contributed by atoms with van der Waals surface area (Å²) in [6.07, 6.45) is 1.10. The Hall–Kier alpha value is -2.40. The van der Waals surface area contributed by atoms with Crippen molar-refractivity contribution in [2.24, 2.45) is 0 Å². The fourth-order valence-electron chi connectivity index (χ4n) is 2.34. The lowest BCUT2D eigenvalue weighted by Gasteiger charge is -2.06. The maximum Gasteiger partial charge on any atom is 0.187 e. The smallest absolute Gasteiger partial charge is 0.187 e. The number of hydrogen-bond acceptors (Lipinski definition) is 4. The van der Waals surface area contributed by atoms with Crippen LogP contribution in [-0.4, -0.2) is 11.5 Å². The molecule has 3 nitrogen and oxygen atoms in total. The van der Waals surface area contributed by atoms with Crippen molar-refractivity contribution in [1.82, 2.24) is 4.98 Å². The number of halogens is 1. The minimum atomic E-state index is -0.255. The van der Waals surface area contributed by atoms with Gasteiger partial charge in [-0.25, -0.2) is 9.37 Å². The maximum atomic E-state index is 13.4. The van der Waals surface area contributed by atoms with E-state index in [0.29, 0.717) is 0 Å². The van der Waals surface area contributed by atoms with Crippen molar-refractivity contribution in [2.45, 2.75) is 20.3 Å². The van der Waals surface area contributed by atoms with Crippen molar-refractivity contribution in [3.8, 4) is 11.3 Å². The Kier molecular flexibility index (Phi) is 5.11. The first kappa shape index (κ1) is 16.5. The van der Waals surface area contributed by atoms with Crippen molar-refractivity contribution >= 4 is 27.8 Å². The highest BCUT2D eigenvalue weighted by Crippen LogP contribution is 2.29. The van der Waals surface area contributed by atoms with Gasteiger partial charge in [0, 0.05) is 28.9 Å². The molecule has 3 rings (SSSR count). The first-order chi connectivity index (χ1) is 11.7. The fraction of sp³-hybridized carbons (Fsp3) is 0.211. The molecule has 2 N–H and O–H groups in total. The van der Waals surface area contributed by atoms with Crippen LogP contribution in [0.3, 0.4) is 0 Å². The lowest BCUT2D eigenvalue weighted by molar-refractivity contribution is 0.628. The summed E-state index contributed by atoms with van der Waals surface area (Å²) in [5.74, 6) is -0.255. The van der Waals surface area contributed by atoms with Crippen LogP contribution < -0.4 is 10.6 Å². The summed E-state index contributed by atoms with van der Waals surface area (Å²) in [4.78, 5) is 4.60. The van der Waals surface area contributed by atoms with Gasteiger partial charge in [-0.1, -0.05) is 25.1 Å². The van der Waals surface area contributed by atoms with Gasteiger partial charge in [-0.05, 0) is 43.2 Å². The average molecular weight is 341 g/mol. The molecule has 0 aliphatic rings. The van der Waals surface area contributed by atoms with Crippen LogP contribution in [0.1, 0.15) is 18.9 Å². The van der Waals surface area contributed by atoms with Gasteiger partial charge in [0.25, 0.3) is 0 Å². The molecular formula is C19H20FN3S. The molecule has 124 valence electrons. The van der Waals surface area contributed by atoms with Gasteiger partial charge in [0.15, 0.2) is 5.13 Å². The monoisotopic (exact) mass is 341 g/mol. The van der Waals surface area contributed by atoms with Gasteiger partial charge in [0.1, 0.15) is 5.82 Å². The third kappa shape index (κ3) is 3.92. The molecule has 24 heavy (non-hydrogen) atoms. The molecule has 0 atom stereocenters. The molecule has 0 aliphatic heterocycles. The molecule has 0 fully saturated rings. The van der Waals surface area contributed by atoms with Crippen LogP contribution in [0.15, 0.2) is 47.8 Å². The number of anilines is 3. The summed E-state index contributed by atoms with van der Waals surface area (Å²) in [7, 11) is 0. The van der Waals surface area contributed by atoms with Crippen molar-refractivity contribution in [2.75, 3.05) is 17.2 Å². The van der Waals surface area contributed by atoms with Gasteiger partial charge in [-0.15, -0.1) is 11.3 Å². The predicted octanol–water partition coefficient (Wildman–Crippen LogP) is 5.82. The zero-order valence-electron chi connectivity index (χ0n) is 13.8. The molecule has 1 aromatic heterocycles. The summed E-state index contributed by atoms with van der Waals surface area (Å²) < 4.78 is 13.4. The summed E-state index contributed by atoms with van der Waals surface area (Å²) in [5.41, 5.74) is 4.83. The molecule has 0 saturated carbocycles. The molecule has 2 aromatic carbocycles. The number of aromatic nitrogens is 1. The quantitative estimate of drug-likeness (QED) is 0.593. The first-order valence-electron chi connectivity index (χ1n) is 7.98. The van der Waals surface area contributed by atoms with E-state index in [-0.39, 0.29) is 5.82 Å². The Labute approximate surface area is 145 Å². The van der Waals surface area contributed by atoms with Gasteiger partial charge in [-0.2, -0.15) is 0 Å². The van der Waals surface area contributed by atoms with Crippen molar-refractivity contribution in [3.05, 3.63) is 59.2 Å². The van der Waals surface area contributed by atoms with Gasteiger partial charge in [-0.3, -0.25) is 0 Å². The van der Waals surface area contributed by atoms with Gasteiger partial charge in [0.2, 0.25) is 0 Å². The molecular weight excluding hydrogens is 321 g/mol. The minimum Gasteiger partial charge on any atom is -0.385 e. The van der Waals surface area contributed by atoms with E-state index in [1.54, 1.807) is 6.07 Å². The lowest BCUT2D eigenvalue weighted by Crippen LogP contribution is -1.98. The Morgan fingerprint density at radius 2 is 1.92 bits per heavy atom. The zero-order valence-corrected chi connectivity index (χ0v) is 14.6. The molecule has 3 aromatic rings. The fourth-order valence-corrected chi connectivity index (χ4v) is 3.07. The third-order valence-electron chi connectivity index (χ3n) is 3.71. The number of benzene rings is 2. The number of thiazole rings is 1. The lowest BCUT2D eigenvalue weighted by atomic mass is 10.1. The van der Waals surface area contributed by atoms with E-state index in [2.05, 4.69) is 46.8 Å². The Bertz CT molecular complexity index is 812. The van der Waals surface area contributed by atoms with E-state index in [0.717, 1.165) is 46.3 Å². The Morgan fingerprint density at radius 1 is 1.12 bits per heavy atom. The molecule has 0 unspecified atom stereocenters. The highest BCUT2D eigenvalue weighted by molar-refractivity contribution is 7.14. The maximum absolute atomic E-state index is 13.4. The van der Waals surface area contributed by atoms with E-state index in [1.807, 2.05) is 12.3 Å². The zero-order chi connectivity index (χ0) is 16.9. The van der Waals surface area contributed by atoms with Crippen LogP contribution in [0.4, 0.5) is 20.9 Å². The molecule has 1 heterocycles. The van der Waals surface area contributed by atoms with Crippen molar-refractivity contribution < 1.29 is 4.39 Å². The predicted molar refractivity (Wildman–Crippen MR) is 101 cm³/mol. The number of hydrogen-bond donors (Lipinski definition) is 2.